The van der Waals surface area contributed by atoms with Gasteiger partial charge in [-0.05, 0) is 29.8 Å². The second-order valence-corrected chi connectivity index (χ2v) is 5.26. The first-order valence-electron chi connectivity index (χ1n) is 6.00. The number of aromatic nitrogens is 1. The summed E-state index contributed by atoms with van der Waals surface area (Å²) in [4.78, 5) is 4.24. The molecule has 4 N–H and O–H groups in total. The molecule has 19 heavy (non-hydrogen) atoms. The topological polar surface area (TPSA) is 63.0 Å². The number of nitrogens with two attached hydrogens (primary N) is 1. The van der Waals surface area contributed by atoms with Crippen molar-refractivity contribution in [1.82, 2.24) is 10.4 Å². The first-order valence-corrected chi connectivity index (χ1v) is 6.82. The SMILES string of the molecule is Nc1nc2ccc(CNNc3ccccc3)cc2s1. The van der Waals surface area contributed by atoms with Crippen LogP contribution < -0.4 is 16.6 Å². The summed E-state index contributed by atoms with van der Waals surface area (Å²) in [7, 11) is 0. The number of anilines is 2. The molecular formula is C14H14N4S. The van der Waals surface area contributed by atoms with Crippen LogP contribution in [-0.2, 0) is 6.54 Å². The molecule has 0 spiro atoms. The van der Waals surface area contributed by atoms with Gasteiger partial charge in [-0.1, -0.05) is 35.6 Å². The molecule has 0 bridgehead atoms. The molecule has 96 valence electrons. The molecule has 1 heterocycles. The summed E-state index contributed by atoms with van der Waals surface area (Å²) in [6.45, 7) is 0.739. The quantitative estimate of drug-likeness (QED) is 0.638. The van der Waals surface area contributed by atoms with Gasteiger partial charge in [-0.2, -0.15) is 0 Å². The zero-order valence-electron chi connectivity index (χ0n) is 10.3. The van der Waals surface area contributed by atoms with E-state index in [4.69, 9.17) is 5.73 Å². The maximum absolute atomic E-state index is 5.70. The van der Waals surface area contributed by atoms with Crippen LogP contribution in [0.1, 0.15) is 5.56 Å². The molecule has 0 aliphatic rings. The molecule has 0 amide bonds. The third-order valence-electron chi connectivity index (χ3n) is 2.77. The lowest BCUT2D eigenvalue weighted by molar-refractivity contribution is 0.802. The minimum Gasteiger partial charge on any atom is -0.375 e. The smallest absolute Gasteiger partial charge is 0.181 e. The Kier molecular flexibility index (Phi) is 3.31. The summed E-state index contributed by atoms with van der Waals surface area (Å²) >= 11 is 1.51. The van der Waals surface area contributed by atoms with Crippen molar-refractivity contribution in [2.24, 2.45) is 0 Å². The van der Waals surface area contributed by atoms with Gasteiger partial charge in [0.25, 0.3) is 0 Å². The van der Waals surface area contributed by atoms with E-state index < -0.39 is 0 Å². The van der Waals surface area contributed by atoms with Crippen molar-refractivity contribution in [2.75, 3.05) is 11.2 Å². The number of para-hydroxylation sites is 1. The zero-order chi connectivity index (χ0) is 13.1. The molecule has 0 radical (unpaired) electrons. The molecule has 0 saturated heterocycles. The molecule has 3 aromatic rings. The lowest BCUT2D eigenvalue weighted by Gasteiger charge is -2.08. The van der Waals surface area contributed by atoms with E-state index in [1.165, 1.54) is 16.9 Å². The Bertz CT molecular complexity index is 678. The summed E-state index contributed by atoms with van der Waals surface area (Å²) in [6.07, 6.45) is 0. The third kappa shape index (κ3) is 2.83. The van der Waals surface area contributed by atoms with E-state index in [-0.39, 0.29) is 0 Å². The van der Waals surface area contributed by atoms with Crippen LogP contribution in [0.15, 0.2) is 48.5 Å². The van der Waals surface area contributed by atoms with Crippen molar-refractivity contribution in [2.45, 2.75) is 6.54 Å². The molecular weight excluding hydrogens is 256 g/mol. The molecule has 1 aromatic heterocycles. The zero-order valence-corrected chi connectivity index (χ0v) is 11.1. The predicted molar refractivity (Wildman–Crippen MR) is 80.9 cm³/mol. The number of benzene rings is 2. The Morgan fingerprint density at radius 2 is 1.95 bits per heavy atom. The summed E-state index contributed by atoms with van der Waals surface area (Å²) in [5.74, 6) is 0. The highest BCUT2D eigenvalue weighted by Gasteiger charge is 2.01. The summed E-state index contributed by atoms with van der Waals surface area (Å²) in [5.41, 5.74) is 15.2. The van der Waals surface area contributed by atoms with Gasteiger partial charge in [0.1, 0.15) is 0 Å². The molecule has 0 fully saturated rings. The molecule has 5 heteroatoms. The molecule has 4 nitrogen and oxygen atoms in total. The van der Waals surface area contributed by atoms with E-state index in [9.17, 15) is 0 Å². The lowest BCUT2D eigenvalue weighted by atomic mass is 10.2. The summed E-state index contributed by atoms with van der Waals surface area (Å²) in [6, 6.07) is 16.2. The number of nitrogen functional groups attached to an aromatic ring is 1. The number of nitrogens with one attached hydrogen (secondary N) is 2. The molecule has 0 unspecified atom stereocenters. The van der Waals surface area contributed by atoms with Crippen LogP contribution in [0, 0.1) is 0 Å². The summed E-state index contributed by atoms with van der Waals surface area (Å²) < 4.78 is 1.12. The molecule has 0 aliphatic heterocycles. The minimum absolute atomic E-state index is 0.613. The Balaban J connectivity index is 1.65. The fraction of sp³-hybridized carbons (Fsp3) is 0.0714. The second kappa shape index (κ2) is 5.26. The number of hydrazine groups is 1. The monoisotopic (exact) mass is 270 g/mol. The Morgan fingerprint density at radius 3 is 2.79 bits per heavy atom. The molecule has 2 aromatic carbocycles. The number of hydrogen-bond acceptors (Lipinski definition) is 5. The molecule has 0 aliphatic carbocycles. The number of rotatable bonds is 4. The minimum atomic E-state index is 0.613. The van der Waals surface area contributed by atoms with Crippen LogP contribution in [-0.4, -0.2) is 4.98 Å². The van der Waals surface area contributed by atoms with Crippen molar-refractivity contribution < 1.29 is 0 Å². The van der Waals surface area contributed by atoms with E-state index in [0.29, 0.717) is 5.13 Å². The predicted octanol–water partition coefficient (Wildman–Crippen LogP) is 3.00. The molecule has 0 saturated carbocycles. The van der Waals surface area contributed by atoms with Crippen molar-refractivity contribution >= 4 is 32.4 Å². The lowest BCUT2D eigenvalue weighted by Crippen LogP contribution is -2.20. The standard InChI is InChI=1S/C14H14N4S/c15-14-17-12-7-6-10(8-13(12)19-14)9-16-18-11-4-2-1-3-5-11/h1-8,16,18H,9H2,(H2,15,17). The van der Waals surface area contributed by atoms with E-state index in [2.05, 4.69) is 28.0 Å². The number of hydrogen-bond donors (Lipinski definition) is 3. The van der Waals surface area contributed by atoms with Gasteiger partial charge in [0, 0.05) is 12.2 Å². The fourth-order valence-electron chi connectivity index (χ4n) is 1.87. The van der Waals surface area contributed by atoms with Crippen LogP contribution >= 0.6 is 11.3 Å². The van der Waals surface area contributed by atoms with Crippen molar-refractivity contribution in [3.63, 3.8) is 0 Å². The van der Waals surface area contributed by atoms with Crippen LogP contribution in [0.4, 0.5) is 10.8 Å². The highest BCUT2D eigenvalue weighted by Crippen LogP contribution is 2.24. The van der Waals surface area contributed by atoms with E-state index in [0.717, 1.165) is 22.4 Å². The van der Waals surface area contributed by atoms with Crippen molar-refractivity contribution in [1.29, 1.82) is 0 Å². The Morgan fingerprint density at radius 1 is 1.11 bits per heavy atom. The highest BCUT2D eigenvalue weighted by molar-refractivity contribution is 7.22. The van der Waals surface area contributed by atoms with Gasteiger partial charge in [0.15, 0.2) is 5.13 Å². The van der Waals surface area contributed by atoms with Gasteiger partial charge >= 0.3 is 0 Å². The third-order valence-corrected chi connectivity index (χ3v) is 3.62. The van der Waals surface area contributed by atoms with Crippen molar-refractivity contribution in [3.05, 3.63) is 54.1 Å². The average molecular weight is 270 g/mol. The second-order valence-electron chi connectivity index (χ2n) is 4.20. The largest absolute Gasteiger partial charge is 0.375 e. The maximum atomic E-state index is 5.70. The first-order chi connectivity index (χ1) is 9.31. The van der Waals surface area contributed by atoms with Crippen LogP contribution in [0.25, 0.3) is 10.2 Å². The highest BCUT2D eigenvalue weighted by atomic mass is 32.1. The van der Waals surface area contributed by atoms with Gasteiger partial charge in [-0.3, -0.25) is 0 Å². The molecule has 3 rings (SSSR count). The van der Waals surface area contributed by atoms with E-state index in [1.807, 2.05) is 36.4 Å². The number of thiazole rings is 1. The van der Waals surface area contributed by atoms with Crippen molar-refractivity contribution in [3.8, 4) is 0 Å². The fourth-order valence-corrected chi connectivity index (χ4v) is 2.66. The van der Waals surface area contributed by atoms with Gasteiger partial charge in [0.2, 0.25) is 0 Å². The average Bonchev–Trinajstić information content (AvgIpc) is 2.79. The molecule has 0 atom stereocenters. The summed E-state index contributed by atoms with van der Waals surface area (Å²) in [5, 5.41) is 0.613. The van der Waals surface area contributed by atoms with Gasteiger partial charge in [-0.25, -0.2) is 10.4 Å². The van der Waals surface area contributed by atoms with Gasteiger partial charge in [-0.15, -0.1) is 0 Å². The van der Waals surface area contributed by atoms with Gasteiger partial charge < -0.3 is 11.2 Å². The number of nitrogens with zero attached hydrogens (tertiary/aromatic N) is 1. The van der Waals surface area contributed by atoms with Gasteiger partial charge in [0.05, 0.1) is 10.2 Å². The van der Waals surface area contributed by atoms with Crippen LogP contribution in [0.2, 0.25) is 0 Å². The van der Waals surface area contributed by atoms with E-state index >= 15 is 0 Å². The van der Waals surface area contributed by atoms with Crippen LogP contribution in [0.3, 0.4) is 0 Å². The normalized spacial score (nSPS) is 10.7. The Hall–Kier alpha value is -2.11. The Labute approximate surface area is 115 Å². The maximum Gasteiger partial charge on any atom is 0.181 e. The van der Waals surface area contributed by atoms with E-state index in [1.54, 1.807) is 0 Å². The number of fused-ring (bicyclic) bond motifs is 1. The first kappa shape index (κ1) is 12.0. The van der Waals surface area contributed by atoms with Crippen LogP contribution in [0.5, 0.6) is 0 Å².